The van der Waals surface area contributed by atoms with Gasteiger partial charge >= 0.3 is 0 Å². The van der Waals surface area contributed by atoms with Gasteiger partial charge in [-0.25, -0.2) is 18.1 Å². The highest BCUT2D eigenvalue weighted by Gasteiger charge is 2.21. The van der Waals surface area contributed by atoms with Gasteiger partial charge in [0.1, 0.15) is 0 Å². The Kier molecular flexibility index (Phi) is 6.12. The van der Waals surface area contributed by atoms with Gasteiger partial charge in [0.15, 0.2) is 5.03 Å². The summed E-state index contributed by atoms with van der Waals surface area (Å²) in [6, 6.07) is 3.10. The molecule has 4 N–H and O–H groups in total. The predicted molar refractivity (Wildman–Crippen MR) is 69.9 cm³/mol. The van der Waals surface area contributed by atoms with Crippen molar-refractivity contribution in [2.24, 2.45) is 5.84 Å². The average molecular weight is 290 g/mol. The Morgan fingerprint density at radius 1 is 1.47 bits per heavy atom. The SMILES string of the molecule is COCC(CNS(=O)(=O)c1ncccc1NN)OC. The van der Waals surface area contributed by atoms with E-state index >= 15 is 0 Å². The van der Waals surface area contributed by atoms with Crippen LogP contribution in [0.15, 0.2) is 23.4 Å². The first kappa shape index (κ1) is 15.8. The van der Waals surface area contributed by atoms with Crippen molar-refractivity contribution in [3.05, 3.63) is 18.3 Å². The fourth-order valence-corrected chi connectivity index (χ4v) is 2.54. The summed E-state index contributed by atoms with van der Waals surface area (Å²) in [4.78, 5) is 3.81. The van der Waals surface area contributed by atoms with Gasteiger partial charge in [-0.1, -0.05) is 0 Å². The number of sulfonamides is 1. The molecule has 0 bridgehead atoms. The molecule has 1 unspecified atom stereocenters. The lowest BCUT2D eigenvalue weighted by molar-refractivity contribution is 0.0320. The average Bonchev–Trinajstić information content (AvgIpc) is 2.43. The molecule has 8 nitrogen and oxygen atoms in total. The topological polar surface area (TPSA) is 116 Å². The van der Waals surface area contributed by atoms with Crippen molar-refractivity contribution in [3.8, 4) is 0 Å². The third-order valence-electron chi connectivity index (χ3n) is 2.37. The minimum Gasteiger partial charge on any atom is -0.382 e. The van der Waals surface area contributed by atoms with Crippen LogP contribution in [0.5, 0.6) is 0 Å². The normalized spacial score (nSPS) is 13.2. The van der Waals surface area contributed by atoms with E-state index in [1.807, 2.05) is 0 Å². The number of rotatable bonds is 8. The van der Waals surface area contributed by atoms with E-state index in [1.165, 1.54) is 26.5 Å². The van der Waals surface area contributed by atoms with Gasteiger partial charge in [0, 0.05) is 27.0 Å². The molecule has 19 heavy (non-hydrogen) atoms. The van der Waals surface area contributed by atoms with Crippen molar-refractivity contribution in [2.75, 3.05) is 32.8 Å². The summed E-state index contributed by atoms with van der Waals surface area (Å²) in [5.74, 6) is 5.25. The number of aromatic nitrogens is 1. The van der Waals surface area contributed by atoms with Gasteiger partial charge in [0.25, 0.3) is 10.0 Å². The van der Waals surface area contributed by atoms with Crippen LogP contribution in [0.25, 0.3) is 0 Å². The minimum atomic E-state index is -3.77. The van der Waals surface area contributed by atoms with E-state index in [0.717, 1.165) is 0 Å². The first-order valence-electron chi connectivity index (χ1n) is 5.48. The quantitative estimate of drug-likeness (QED) is 0.428. The molecule has 0 aromatic carbocycles. The highest BCUT2D eigenvalue weighted by Crippen LogP contribution is 2.16. The molecule has 0 amide bonds. The molecule has 0 saturated heterocycles. The maximum Gasteiger partial charge on any atom is 0.260 e. The number of hydrogen-bond acceptors (Lipinski definition) is 7. The van der Waals surface area contributed by atoms with Crippen LogP contribution in [0.4, 0.5) is 5.69 Å². The summed E-state index contributed by atoms with van der Waals surface area (Å²) in [6.45, 7) is 0.358. The number of hydrogen-bond donors (Lipinski definition) is 3. The summed E-state index contributed by atoms with van der Waals surface area (Å²) >= 11 is 0. The second kappa shape index (κ2) is 7.36. The summed E-state index contributed by atoms with van der Waals surface area (Å²) in [5.41, 5.74) is 2.51. The standard InChI is InChI=1S/C10H18N4O4S/c1-17-7-8(18-2)6-13-19(15,16)10-9(14-11)4-3-5-12-10/h3-5,8,13-14H,6-7,11H2,1-2H3. The molecule has 0 spiro atoms. The molecule has 0 aliphatic rings. The second-order valence-corrected chi connectivity index (χ2v) is 5.35. The lowest BCUT2D eigenvalue weighted by Gasteiger charge is -2.15. The van der Waals surface area contributed by atoms with Crippen molar-refractivity contribution < 1.29 is 17.9 Å². The number of hydrazine groups is 1. The molecule has 108 valence electrons. The molecule has 0 fully saturated rings. The number of ether oxygens (including phenoxy) is 2. The van der Waals surface area contributed by atoms with Gasteiger partial charge in [0.05, 0.1) is 18.4 Å². The molecule has 1 rings (SSSR count). The minimum absolute atomic E-state index is 0.0766. The van der Waals surface area contributed by atoms with Crippen LogP contribution in [0.3, 0.4) is 0 Å². The Hall–Kier alpha value is -1.26. The number of nitrogens with two attached hydrogens (primary N) is 1. The Bertz CT molecular complexity index is 494. The van der Waals surface area contributed by atoms with Gasteiger partial charge < -0.3 is 14.9 Å². The molecule has 0 saturated carbocycles. The smallest absolute Gasteiger partial charge is 0.260 e. The van der Waals surface area contributed by atoms with E-state index in [1.54, 1.807) is 6.07 Å². The lowest BCUT2D eigenvalue weighted by atomic mass is 10.4. The molecule has 0 aliphatic heterocycles. The molecule has 1 atom stereocenters. The first-order chi connectivity index (χ1) is 9.05. The second-order valence-electron chi connectivity index (χ2n) is 3.67. The molecule has 1 heterocycles. The van der Waals surface area contributed by atoms with Crippen molar-refractivity contribution in [1.29, 1.82) is 0 Å². The fraction of sp³-hybridized carbons (Fsp3) is 0.500. The summed E-state index contributed by atoms with van der Waals surface area (Å²) in [5, 5.41) is -0.162. The van der Waals surface area contributed by atoms with Crippen LogP contribution >= 0.6 is 0 Å². The highest BCUT2D eigenvalue weighted by atomic mass is 32.2. The van der Waals surface area contributed by atoms with Crippen molar-refractivity contribution >= 4 is 15.7 Å². The van der Waals surface area contributed by atoms with E-state index in [4.69, 9.17) is 15.3 Å². The van der Waals surface area contributed by atoms with Crippen LogP contribution < -0.4 is 16.0 Å². The van der Waals surface area contributed by atoms with Crippen molar-refractivity contribution in [2.45, 2.75) is 11.1 Å². The van der Waals surface area contributed by atoms with E-state index in [9.17, 15) is 8.42 Å². The van der Waals surface area contributed by atoms with Crippen LogP contribution in [0.2, 0.25) is 0 Å². The molecule has 1 aromatic rings. The zero-order valence-electron chi connectivity index (χ0n) is 10.8. The predicted octanol–water partition coefficient (Wildman–Crippen LogP) is -0.693. The zero-order chi connectivity index (χ0) is 14.3. The van der Waals surface area contributed by atoms with Gasteiger partial charge in [-0.2, -0.15) is 0 Å². The van der Waals surface area contributed by atoms with Crippen LogP contribution in [0.1, 0.15) is 0 Å². The van der Waals surface area contributed by atoms with Gasteiger partial charge in [-0.3, -0.25) is 5.84 Å². The Morgan fingerprint density at radius 3 is 2.79 bits per heavy atom. The number of nitrogens with one attached hydrogen (secondary N) is 2. The zero-order valence-corrected chi connectivity index (χ0v) is 11.6. The molecular formula is C10H18N4O4S. The summed E-state index contributed by atoms with van der Waals surface area (Å²) < 4.78 is 36.5. The Labute approximate surface area is 112 Å². The number of pyridine rings is 1. The number of nitrogens with zero attached hydrogens (tertiary/aromatic N) is 1. The maximum absolute atomic E-state index is 12.1. The third-order valence-corrected chi connectivity index (χ3v) is 3.75. The number of anilines is 1. The largest absolute Gasteiger partial charge is 0.382 e. The number of nitrogen functional groups attached to an aromatic ring is 1. The molecular weight excluding hydrogens is 272 g/mol. The van der Waals surface area contributed by atoms with Crippen LogP contribution in [-0.4, -0.2) is 46.9 Å². The summed E-state index contributed by atoms with van der Waals surface area (Å²) in [7, 11) is -0.778. The third kappa shape index (κ3) is 4.40. The molecule has 1 aromatic heterocycles. The highest BCUT2D eigenvalue weighted by molar-refractivity contribution is 7.89. The van der Waals surface area contributed by atoms with E-state index in [-0.39, 0.29) is 30.0 Å². The Morgan fingerprint density at radius 2 is 2.21 bits per heavy atom. The van der Waals surface area contributed by atoms with Gasteiger partial charge in [0.2, 0.25) is 0 Å². The van der Waals surface area contributed by atoms with E-state index in [2.05, 4.69) is 15.1 Å². The van der Waals surface area contributed by atoms with Gasteiger partial charge in [-0.05, 0) is 12.1 Å². The molecule has 0 aliphatic carbocycles. The fourth-order valence-electron chi connectivity index (χ4n) is 1.38. The maximum atomic E-state index is 12.1. The monoisotopic (exact) mass is 290 g/mol. The van der Waals surface area contributed by atoms with Crippen molar-refractivity contribution in [1.82, 2.24) is 9.71 Å². The van der Waals surface area contributed by atoms with Crippen LogP contribution in [0, 0.1) is 0 Å². The molecule has 0 radical (unpaired) electrons. The lowest BCUT2D eigenvalue weighted by Crippen LogP contribution is -2.36. The number of methoxy groups -OCH3 is 2. The van der Waals surface area contributed by atoms with E-state index in [0.29, 0.717) is 0 Å². The van der Waals surface area contributed by atoms with Crippen molar-refractivity contribution in [3.63, 3.8) is 0 Å². The van der Waals surface area contributed by atoms with E-state index < -0.39 is 10.0 Å². The Balaban J connectivity index is 2.81. The van der Waals surface area contributed by atoms with Crippen LogP contribution in [-0.2, 0) is 19.5 Å². The van der Waals surface area contributed by atoms with Gasteiger partial charge in [-0.15, -0.1) is 0 Å². The first-order valence-corrected chi connectivity index (χ1v) is 6.96. The summed E-state index contributed by atoms with van der Waals surface area (Å²) in [6.07, 6.45) is 0.996. The molecule has 9 heteroatoms.